The molecule has 0 radical (unpaired) electrons. The van der Waals surface area contributed by atoms with Crippen molar-refractivity contribution in [3.63, 3.8) is 0 Å². The smallest absolute Gasteiger partial charge is 0.332 e. The van der Waals surface area contributed by atoms with Gasteiger partial charge in [0.25, 0.3) is 0 Å². The normalized spacial score (nSPS) is 12.5. The number of aliphatic hydroxyl groups is 1. The summed E-state index contributed by atoms with van der Waals surface area (Å²) in [6.07, 6.45) is -0.336. The molecule has 0 fully saturated rings. The maximum Gasteiger partial charge on any atom is 0.332 e. The van der Waals surface area contributed by atoms with E-state index in [2.05, 4.69) is 4.98 Å². The number of hydrogen-bond acceptors (Lipinski definition) is 3. The first-order valence-corrected chi connectivity index (χ1v) is 3.61. The van der Waals surface area contributed by atoms with Crippen molar-refractivity contribution in [3.8, 4) is 0 Å². The number of halogens is 1. The first-order chi connectivity index (χ1) is 6.09. The average molecular weight is 185 g/mol. The first-order valence-electron chi connectivity index (χ1n) is 3.61. The number of rotatable bonds is 3. The Bertz CT molecular complexity index is 299. The van der Waals surface area contributed by atoms with E-state index in [1.165, 1.54) is 12.3 Å². The van der Waals surface area contributed by atoms with Gasteiger partial charge in [-0.3, -0.25) is 0 Å². The molecule has 70 valence electrons. The summed E-state index contributed by atoms with van der Waals surface area (Å²) < 4.78 is 12.3. The van der Waals surface area contributed by atoms with E-state index in [4.69, 9.17) is 10.2 Å². The van der Waals surface area contributed by atoms with Gasteiger partial charge in [0.1, 0.15) is 0 Å². The largest absolute Gasteiger partial charge is 0.479 e. The van der Waals surface area contributed by atoms with Gasteiger partial charge in [-0.05, 0) is 11.6 Å². The van der Waals surface area contributed by atoms with Gasteiger partial charge in [0.05, 0.1) is 0 Å². The molecular weight excluding hydrogens is 177 g/mol. The van der Waals surface area contributed by atoms with E-state index in [1.54, 1.807) is 0 Å². The number of carboxylic acids is 1. The molecule has 1 aromatic heterocycles. The van der Waals surface area contributed by atoms with Crippen molar-refractivity contribution in [2.45, 2.75) is 12.5 Å². The summed E-state index contributed by atoms with van der Waals surface area (Å²) in [6, 6.07) is 2.50. The van der Waals surface area contributed by atoms with Crippen LogP contribution in [0.25, 0.3) is 0 Å². The minimum atomic E-state index is -1.47. The summed E-state index contributed by atoms with van der Waals surface area (Å²) in [7, 11) is 0. The monoisotopic (exact) mass is 185 g/mol. The van der Waals surface area contributed by atoms with Crippen LogP contribution in [0.3, 0.4) is 0 Å². The molecule has 1 rings (SSSR count). The van der Waals surface area contributed by atoms with Crippen molar-refractivity contribution in [3.05, 3.63) is 29.8 Å². The van der Waals surface area contributed by atoms with Crippen LogP contribution in [0.4, 0.5) is 4.39 Å². The van der Waals surface area contributed by atoms with E-state index in [-0.39, 0.29) is 6.42 Å². The van der Waals surface area contributed by atoms with E-state index in [9.17, 15) is 9.18 Å². The Kier molecular flexibility index (Phi) is 2.92. The molecule has 0 aliphatic carbocycles. The predicted octanol–water partition coefficient (Wildman–Crippen LogP) is 0.209. The summed E-state index contributed by atoms with van der Waals surface area (Å²) in [5, 5.41) is 17.3. The summed E-state index contributed by atoms with van der Waals surface area (Å²) in [4.78, 5) is 13.5. The Morgan fingerprint density at radius 3 is 2.77 bits per heavy atom. The number of hydrogen-bond donors (Lipinski definition) is 2. The fourth-order valence-corrected chi connectivity index (χ4v) is 0.838. The Morgan fingerprint density at radius 1 is 1.62 bits per heavy atom. The van der Waals surface area contributed by atoms with Crippen molar-refractivity contribution in [2.24, 2.45) is 0 Å². The van der Waals surface area contributed by atoms with Gasteiger partial charge in [0.15, 0.2) is 6.10 Å². The molecular formula is C8H8FNO3. The van der Waals surface area contributed by atoms with Crippen LogP contribution in [0.5, 0.6) is 0 Å². The van der Waals surface area contributed by atoms with Crippen LogP contribution in [-0.4, -0.2) is 27.3 Å². The van der Waals surface area contributed by atoms with Gasteiger partial charge in [-0.2, -0.15) is 4.39 Å². The SMILES string of the molecule is O=C(O)C(O)Cc1ccc(F)nc1. The highest BCUT2D eigenvalue weighted by atomic mass is 19.1. The fourth-order valence-electron chi connectivity index (χ4n) is 0.838. The van der Waals surface area contributed by atoms with Gasteiger partial charge < -0.3 is 10.2 Å². The molecule has 0 saturated heterocycles. The van der Waals surface area contributed by atoms with Gasteiger partial charge in [-0.1, -0.05) is 6.07 Å². The van der Waals surface area contributed by atoms with Crippen molar-refractivity contribution in [2.75, 3.05) is 0 Å². The zero-order chi connectivity index (χ0) is 9.84. The number of carboxylic acid groups (broad SMARTS) is 1. The van der Waals surface area contributed by atoms with Crippen LogP contribution >= 0.6 is 0 Å². The summed E-state index contributed by atoms with van der Waals surface area (Å²) in [6.45, 7) is 0. The van der Waals surface area contributed by atoms with E-state index < -0.39 is 18.0 Å². The number of carbonyl (C=O) groups is 1. The van der Waals surface area contributed by atoms with E-state index >= 15 is 0 Å². The molecule has 0 saturated carbocycles. The van der Waals surface area contributed by atoms with Gasteiger partial charge in [-0.25, -0.2) is 9.78 Å². The Hall–Kier alpha value is -1.49. The quantitative estimate of drug-likeness (QED) is 0.660. The molecule has 4 nitrogen and oxygen atoms in total. The summed E-state index contributed by atoms with van der Waals surface area (Å²) in [5.41, 5.74) is 0.483. The minimum absolute atomic E-state index is 0.0669. The lowest BCUT2D eigenvalue weighted by atomic mass is 10.1. The van der Waals surface area contributed by atoms with Crippen LogP contribution in [0.2, 0.25) is 0 Å². The maximum atomic E-state index is 12.3. The lowest BCUT2D eigenvalue weighted by molar-refractivity contribution is -0.146. The zero-order valence-corrected chi connectivity index (χ0v) is 6.64. The predicted molar refractivity (Wildman–Crippen MR) is 41.5 cm³/mol. The average Bonchev–Trinajstić information content (AvgIpc) is 2.08. The highest BCUT2D eigenvalue weighted by molar-refractivity contribution is 5.72. The van der Waals surface area contributed by atoms with E-state index in [0.717, 1.165) is 6.07 Å². The first kappa shape index (κ1) is 9.60. The lowest BCUT2D eigenvalue weighted by Gasteiger charge is -2.03. The lowest BCUT2D eigenvalue weighted by Crippen LogP contribution is -2.22. The molecule has 0 aliphatic rings. The van der Waals surface area contributed by atoms with Gasteiger partial charge in [0, 0.05) is 12.6 Å². The fraction of sp³-hybridized carbons (Fsp3) is 0.250. The van der Waals surface area contributed by atoms with Crippen LogP contribution in [0, 0.1) is 5.95 Å². The van der Waals surface area contributed by atoms with E-state index in [1.807, 2.05) is 0 Å². The standard InChI is InChI=1S/C8H8FNO3/c9-7-2-1-5(4-10-7)3-6(11)8(12)13/h1-2,4,6,11H,3H2,(H,12,13). The minimum Gasteiger partial charge on any atom is -0.479 e. The molecule has 0 amide bonds. The molecule has 1 heterocycles. The molecule has 0 aromatic carbocycles. The number of nitrogens with zero attached hydrogens (tertiary/aromatic N) is 1. The molecule has 0 bridgehead atoms. The van der Waals surface area contributed by atoms with Crippen LogP contribution < -0.4 is 0 Å². The van der Waals surface area contributed by atoms with Crippen molar-refractivity contribution in [1.82, 2.24) is 4.98 Å². The number of aromatic nitrogens is 1. The molecule has 0 spiro atoms. The second-order valence-electron chi connectivity index (χ2n) is 2.55. The third-order valence-electron chi connectivity index (χ3n) is 1.50. The molecule has 13 heavy (non-hydrogen) atoms. The number of aliphatic carboxylic acids is 1. The highest BCUT2D eigenvalue weighted by Crippen LogP contribution is 2.02. The molecule has 5 heteroatoms. The maximum absolute atomic E-state index is 12.3. The van der Waals surface area contributed by atoms with Crippen molar-refractivity contribution < 1.29 is 19.4 Å². The molecule has 2 N–H and O–H groups in total. The third kappa shape index (κ3) is 2.79. The Morgan fingerprint density at radius 2 is 2.31 bits per heavy atom. The Labute approximate surface area is 73.7 Å². The topological polar surface area (TPSA) is 70.4 Å². The molecule has 1 aromatic rings. The van der Waals surface area contributed by atoms with Crippen molar-refractivity contribution in [1.29, 1.82) is 0 Å². The number of aliphatic hydroxyl groups excluding tert-OH is 1. The van der Waals surface area contributed by atoms with Crippen molar-refractivity contribution >= 4 is 5.97 Å². The molecule has 1 atom stereocenters. The Balaban J connectivity index is 2.64. The van der Waals surface area contributed by atoms with Crippen LogP contribution in [-0.2, 0) is 11.2 Å². The molecule has 1 unspecified atom stereocenters. The second kappa shape index (κ2) is 3.95. The zero-order valence-electron chi connectivity index (χ0n) is 6.64. The summed E-state index contributed by atoms with van der Waals surface area (Å²) >= 11 is 0. The van der Waals surface area contributed by atoms with Crippen LogP contribution in [0.1, 0.15) is 5.56 Å². The van der Waals surface area contributed by atoms with Gasteiger partial charge in [-0.15, -0.1) is 0 Å². The second-order valence-corrected chi connectivity index (χ2v) is 2.55. The number of pyridine rings is 1. The molecule has 0 aliphatic heterocycles. The van der Waals surface area contributed by atoms with Gasteiger partial charge >= 0.3 is 5.97 Å². The highest BCUT2D eigenvalue weighted by Gasteiger charge is 2.13. The third-order valence-corrected chi connectivity index (χ3v) is 1.50. The van der Waals surface area contributed by atoms with E-state index in [0.29, 0.717) is 5.56 Å². The summed E-state index contributed by atoms with van der Waals surface area (Å²) in [5.74, 6) is -1.93. The van der Waals surface area contributed by atoms with Gasteiger partial charge in [0.2, 0.25) is 5.95 Å². The van der Waals surface area contributed by atoms with Crippen LogP contribution in [0.15, 0.2) is 18.3 Å².